The minimum Gasteiger partial charge on any atom is -0.383 e. The van der Waals surface area contributed by atoms with Crippen LogP contribution in [0.1, 0.15) is 44.6 Å². The Morgan fingerprint density at radius 1 is 0.969 bits per heavy atom. The van der Waals surface area contributed by atoms with Crippen molar-refractivity contribution in [2.24, 2.45) is 0 Å². The van der Waals surface area contributed by atoms with Gasteiger partial charge in [0.05, 0.1) is 18.6 Å². The summed E-state index contributed by atoms with van der Waals surface area (Å²) < 4.78 is 5.29. The number of aryl methyl sites for hydroxylation is 2. The van der Waals surface area contributed by atoms with Crippen molar-refractivity contribution in [3.63, 3.8) is 0 Å². The van der Waals surface area contributed by atoms with Crippen LogP contribution in [0.2, 0.25) is 0 Å². The minimum atomic E-state index is -0.552. The standard InChI is InChI=1S/C27H28N2O3/c1-18-15-19(2)17-21(16-18)28-26(30)24-22-11-7-8-12-23(22)27(31)29(13-14-32-3)25(24)20-9-5-4-6-10-20/h4-12,15-17,24-25H,13-14H2,1-3H3,(H,28,30). The van der Waals surface area contributed by atoms with Gasteiger partial charge in [-0.2, -0.15) is 0 Å². The zero-order valence-corrected chi connectivity index (χ0v) is 18.7. The van der Waals surface area contributed by atoms with Crippen molar-refractivity contribution in [3.05, 3.63) is 101 Å². The van der Waals surface area contributed by atoms with Gasteiger partial charge in [0.1, 0.15) is 0 Å². The van der Waals surface area contributed by atoms with E-state index in [4.69, 9.17) is 4.74 Å². The van der Waals surface area contributed by atoms with Gasteiger partial charge in [0, 0.05) is 24.9 Å². The average molecular weight is 429 g/mol. The maximum absolute atomic E-state index is 13.8. The van der Waals surface area contributed by atoms with E-state index >= 15 is 0 Å². The number of hydrogen-bond donors (Lipinski definition) is 1. The molecule has 1 aliphatic heterocycles. The fraction of sp³-hybridized carbons (Fsp3) is 0.259. The van der Waals surface area contributed by atoms with Gasteiger partial charge in [0.2, 0.25) is 5.91 Å². The summed E-state index contributed by atoms with van der Waals surface area (Å²) in [6.07, 6.45) is 0. The van der Waals surface area contributed by atoms with Crippen molar-refractivity contribution in [1.29, 1.82) is 0 Å². The maximum Gasteiger partial charge on any atom is 0.254 e. The summed E-state index contributed by atoms with van der Waals surface area (Å²) in [5, 5.41) is 3.12. The van der Waals surface area contributed by atoms with Crippen LogP contribution in [-0.2, 0) is 9.53 Å². The molecule has 2 amide bonds. The molecule has 1 heterocycles. The summed E-state index contributed by atoms with van der Waals surface area (Å²) in [6, 6.07) is 22.7. The first-order valence-corrected chi connectivity index (χ1v) is 10.8. The summed E-state index contributed by atoms with van der Waals surface area (Å²) in [6.45, 7) is 4.81. The number of rotatable bonds is 6. The van der Waals surface area contributed by atoms with Gasteiger partial charge in [0.15, 0.2) is 0 Å². The lowest BCUT2D eigenvalue weighted by atomic mass is 9.79. The first kappa shape index (κ1) is 21.8. The second-order valence-electron chi connectivity index (χ2n) is 8.28. The van der Waals surface area contributed by atoms with E-state index < -0.39 is 12.0 Å². The summed E-state index contributed by atoms with van der Waals surface area (Å²) in [4.78, 5) is 29.0. The number of anilines is 1. The predicted octanol–water partition coefficient (Wildman–Crippen LogP) is 4.87. The number of fused-ring (bicyclic) bond motifs is 1. The molecule has 0 radical (unpaired) electrons. The number of methoxy groups -OCH3 is 1. The van der Waals surface area contributed by atoms with Crippen molar-refractivity contribution >= 4 is 17.5 Å². The number of amides is 2. The second kappa shape index (κ2) is 9.37. The van der Waals surface area contributed by atoms with Gasteiger partial charge in [-0.15, -0.1) is 0 Å². The zero-order valence-electron chi connectivity index (χ0n) is 18.7. The van der Waals surface area contributed by atoms with Gasteiger partial charge in [-0.25, -0.2) is 0 Å². The molecule has 0 bridgehead atoms. The number of hydrogen-bond acceptors (Lipinski definition) is 3. The maximum atomic E-state index is 13.8. The van der Waals surface area contributed by atoms with E-state index in [9.17, 15) is 9.59 Å². The van der Waals surface area contributed by atoms with E-state index in [1.165, 1.54) is 0 Å². The summed E-state index contributed by atoms with van der Waals surface area (Å²) >= 11 is 0. The van der Waals surface area contributed by atoms with Crippen molar-refractivity contribution in [3.8, 4) is 0 Å². The lowest BCUT2D eigenvalue weighted by molar-refractivity contribution is -0.119. The zero-order chi connectivity index (χ0) is 22.7. The molecule has 2 unspecified atom stereocenters. The van der Waals surface area contributed by atoms with Crippen LogP contribution in [0.25, 0.3) is 0 Å². The molecule has 0 saturated heterocycles. The third-order valence-electron chi connectivity index (χ3n) is 5.89. The predicted molar refractivity (Wildman–Crippen MR) is 126 cm³/mol. The highest BCUT2D eigenvalue weighted by Crippen LogP contribution is 2.43. The Kier molecular flexibility index (Phi) is 6.37. The van der Waals surface area contributed by atoms with Crippen LogP contribution in [0.15, 0.2) is 72.8 Å². The average Bonchev–Trinajstić information content (AvgIpc) is 2.78. The molecule has 5 heteroatoms. The third-order valence-corrected chi connectivity index (χ3v) is 5.89. The van der Waals surface area contributed by atoms with Crippen LogP contribution in [-0.4, -0.2) is 37.0 Å². The number of carbonyl (C=O) groups excluding carboxylic acids is 2. The van der Waals surface area contributed by atoms with Crippen molar-refractivity contribution in [1.82, 2.24) is 4.90 Å². The smallest absolute Gasteiger partial charge is 0.254 e. The van der Waals surface area contributed by atoms with E-state index in [0.29, 0.717) is 18.7 Å². The summed E-state index contributed by atoms with van der Waals surface area (Å²) in [5.74, 6) is -0.767. The minimum absolute atomic E-state index is 0.0815. The molecular weight excluding hydrogens is 400 g/mol. The highest BCUT2D eigenvalue weighted by Gasteiger charge is 2.43. The van der Waals surface area contributed by atoms with Crippen LogP contribution in [0.4, 0.5) is 5.69 Å². The highest BCUT2D eigenvalue weighted by molar-refractivity contribution is 6.04. The molecule has 164 valence electrons. The molecule has 0 fully saturated rings. The van der Waals surface area contributed by atoms with Crippen LogP contribution in [0.5, 0.6) is 0 Å². The third kappa shape index (κ3) is 4.30. The molecule has 0 saturated carbocycles. The second-order valence-corrected chi connectivity index (χ2v) is 8.28. The highest BCUT2D eigenvalue weighted by atomic mass is 16.5. The lowest BCUT2D eigenvalue weighted by Gasteiger charge is -2.41. The molecule has 3 aromatic carbocycles. The van der Waals surface area contributed by atoms with Gasteiger partial charge in [-0.3, -0.25) is 9.59 Å². The molecular formula is C27H28N2O3. The van der Waals surface area contributed by atoms with Crippen molar-refractivity contribution in [2.45, 2.75) is 25.8 Å². The van der Waals surface area contributed by atoms with Crippen LogP contribution < -0.4 is 5.32 Å². The quantitative estimate of drug-likeness (QED) is 0.609. The topological polar surface area (TPSA) is 58.6 Å². The number of benzene rings is 3. The van der Waals surface area contributed by atoms with Gasteiger partial charge in [-0.1, -0.05) is 54.6 Å². The Morgan fingerprint density at radius 2 is 1.62 bits per heavy atom. The number of carbonyl (C=O) groups is 2. The molecule has 5 nitrogen and oxygen atoms in total. The summed E-state index contributed by atoms with van der Waals surface area (Å²) in [7, 11) is 1.62. The molecule has 2 atom stereocenters. The Bertz CT molecular complexity index is 1110. The Hall–Kier alpha value is -3.44. The molecule has 0 aliphatic carbocycles. The molecule has 0 aromatic heterocycles. The number of ether oxygens (including phenoxy) is 1. The molecule has 3 aromatic rings. The van der Waals surface area contributed by atoms with Gasteiger partial charge in [-0.05, 0) is 54.3 Å². The Labute approximate surface area is 189 Å². The lowest BCUT2D eigenvalue weighted by Crippen LogP contribution is -2.47. The van der Waals surface area contributed by atoms with E-state index in [1.54, 1.807) is 18.1 Å². The molecule has 32 heavy (non-hydrogen) atoms. The van der Waals surface area contributed by atoms with Gasteiger partial charge in [0.25, 0.3) is 5.91 Å². The Balaban J connectivity index is 1.82. The SMILES string of the molecule is COCCN1C(=O)c2ccccc2C(C(=O)Nc2cc(C)cc(C)c2)C1c1ccccc1. The van der Waals surface area contributed by atoms with E-state index in [1.807, 2.05) is 74.5 Å². The van der Waals surface area contributed by atoms with Crippen molar-refractivity contribution < 1.29 is 14.3 Å². The van der Waals surface area contributed by atoms with Gasteiger partial charge >= 0.3 is 0 Å². The molecule has 1 aliphatic rings. The first-order chi connectivity index (χ1) is 15.5. The van der Waals surface area contributed by atoms with Gasteiger partial charge < -0.3 is 15.0 Å². The van der Waals surface area contributed by atoms with Crippen LogP contribution in [0.3, 0.4) is 0 Å². The van der Waals surface area contributed by atoms with Crippen LogP contribution in [0, 0.1) is 13.8 Å². The van der Waals surface area contributed by atoms with Crippen LogP contribution >= 0.6 is 0 Å². The number of nitrogens with one attached hydrogen (secondary N) is 1. The largest absolute Gasteiger partial charge is 0.383 e. The Morgan fingerprint density at radius 3 is 2.31 bits per heavy atom. The normalized spacial score (nSPS) is 17.7. The molecule has 4 rings (SSSR count). The monoisotopic (exact) mass is 428 g/mol. The fourth-order valence-corrected chi connectivity index (χ4v) is 4.60. The number of nitrogens with zero attached hydrogens (tertiary/aromatic N) is 1. The molecule has 1 N–H and O–H groups in total. The van der Waals surface area contributed by atoms with E-state index in [0.717, 1.165) is 27.9 Å². The molecule has 0 spiro atoms. The van der Waals surface area contributed by atoms with E-state index in [2.05, 4.69) is 11.4 Å². The van der Waals surface area contributed by atoms with E-state index in [-0.39, 0.29) is 11.8 Å². The summed E-state index contributed by atoms with van der Waals surface area (Å²) in [5.41, 5.74) is 5.17. The fourth-order valence-electron chi connectivity index (χ4n) is 4.60. The van der Waals surface area contributed by atoms with Crippen molar-refractivity contribution in [2.75, 3.05) is 25.6 Å². The first-order valence-electron chi connectivity index (χ1n) is 10.8.